The molecule has 2 aromatic rings. The second kappa shape index (κ2) is 5.92. The van der Waals surface area contributed by atoms with Crippen LogP contribution in [-0.4, -0.2) is 16.2 Å². The van der Waals surface area contributed by atoms with Crippen molar-refractivity contribution in [3.05, 3.63) is 47.5 Å². The second-order valence-electron chi connectivity index (χ2n) is 4.46. The van der Waals surface area contributed by atoms with Crippen LogP contribution in [0, 0.1) is 0 Å². The van der Waals surface area contributed by atoms with Crippen molar-refractivity contribution in [3.63, 3.8) is 0 Å². The summed E-state index contributed by atoms with van der Waals surface area (Å²) in [5.74, 6) is -0.946. The minimum atomic E-state index is -0.946. The van der Waals surface area contributed by atoms with Gasteiger partial charge in [-0.1, -0.05) is 36.0 Å². The summed E-state index contributed by atoms with van der Waals surface area (Å²) in [5, 5.41) is 11.0. The summed E-state index contributed by atoms with van der Waals surface area (Å²) in [7, 11) is 0. The molecule has 0 aliphatic carbocycles. The number of thioether (sulfide) groups is 1. The van der Waals surface area contributed by atoms with Crippen molar-refractivity contribution in [1.29, 1.82) is 0 Å². The summed E-state index contributed by atoms with van der Waals surface area (Å²) in [5.41, 5.74) is 1.08. The molecule has 0 aromatic heterocycles. The lowest BCUT2D eigenvalue weighted by Gasteiger charge is -2.07. The smallest absolute Gasteiger partial charge is 0.331 e. The third-order valence-electron chi connectivity index (χ3n) is 2.84. The van der Waals surface area contributed by atoms with Gasteiger partial charge in [-0.25, -0.2) is 4.79 Å². The summed E-state index contributed by atoms with van der Waals surface area (Å²) >= 11 is 1.15. The van der Waals surface area contributed by atoms with Crippen LogP contribution < -0.4 is 0 Å². The third kappa shape index (κ3) is 3.27. The summed E-state index contributed by atoms with van der Waals surface area (Å²) in [4.78, 5) is 23.0. The number of carboxylic acid groups (broad SMARTS) is 1. The van der Waals surface area contributed by atoms with Crippen LogP contribution in [0.3, 0.4) is 0 Å². The highest BCUT2D eigenvalue weighted by Gasteiger charge is 2.07. The molecular formula is C16H14O3S. The van der Waals surface area contributed by atoms with Gasteiger partial charge in [0, 0.05) is 17.4 Å². The van der Waals surface area contributed by atoms with Gasteiger partial charge in [-0.05, 0) is 41.5 Å². The number of hydrogen-bond acceptors (Lipinski definition) is 3. The van der Waals surface area contributed by atoms with E-state index < -0.39 is 5.97 Å². The van der Waals surface area contributed by atoms with Gasteiger partial charge in [0.2, 0.25) is 0 Å². The van der Waals surface area contributed by atoms with E-state index in [2.05, 4.69) is 0 Å². The summed E-state index contributed by atoms with van der Waals surface area (Å²) in [6.45, 7) is 3.07. The fourth-order valence-corrected chi connectivity index (χ4v) is 2.65. The molecule has 20 heavy (non-hydrogen) atoms. The number of aliphatic carboxylic acids is 1. The molecule has 0 fully saturated rings. The molecule has 3 nitrogen and oxygen atoms in total. The molecule has 102 valence electrons. The number of carbonyl (C=O) groups is 2. The number of rotatable bonds is 3. The van der Waals surface area contributed by atoms with E-state index in [1.807, 2.05) is 36.4 Å². The Morgan fingerprint density at radius 3 is 2.50 bits per heavy atom. The van der Waals surface area contributed by atoms with Crippen molar-refractivity contribution in [2.45, 2.75) is 18.7 Å². The van der Waals surface area contributed by atoms with Crippen LogP contribution in [0.15, 0.2) is 46.9 Å². The van der Waals surface area contributed by atoms with E-state index in [4.69, 9.17) is 5.11 Å². The average molecular weight is 286 g/mol. The van der Waals surface area contributed by atoms with Gasteiger partial charge in [0.25, 0.3) is 0 Å². The van der Waals surface area contributed by atoms with Gasteiger partial charge in [-0.15, -0.1) is 0 Å². The van der Waals surface area contributed by atoms with Crippen LogP contribution in [0.2, 0.25) is 0 Å². The lowest BCUT2D eigenvalue weighted by Crippen LogP contribution is -1.96. The van der Waals surface area contributed by atoms with Crippen molar-refractivity contribution < 1.29 is 14.7 Å². The number of benzene rings is 2. The predicted octanol–water partition coefficient (Wildman–Crippen LogP) is 3.97. The van der Waals surface area contributed by atoms with Crippen LogP contribution in [0.25, 0.3) is 16.8 Å². The van der Waals surface area contributed by atoms with Crippen LogP contribution in [0.1, 0.15) is 19.4 Å². The summed E-state index contributed by atoms with van der Waals surface area (Å²) < 4.78 is 0. The monoisotopic (exact) mass is 286 g/mol. The molecule has 4 heteroatoms. The normalized spacial score (nSPS) is 11.6. The molecule has 0 radical (unpaired) electrons. The number of hydrogen-bond donors (Lipinski definition) is 1. The summed E-state index contributed by atoms with van der Waals surface area (Å²) in [6.07, 6.45) is 1.63. The van der Waals surface area contributed by atoms with Gasteiger partial charge < -0.3 is 5.11 Å². The highest BCUT2D eigenvalue weighted by atomic mass is 32.2. The van der Waals surface area contributed by atoms with Crippen molar-refractivity contribution in [1.82, 2.24) is 0 Å². The molecule has 0 aliphatic heterocycles. The topological polar surface area (TPSA) is 54.4 Å². The molecular weight excluding hydrogens is 272 g/mol. The Bertz CT molecular complexity index is 717. The van der Waals surface area contributed by atoms with E-state index >= 15 is 0 Å². The van der Waals surface area contributed by atoms with Crippen molar-refractivity contribution in [3.8, 4) is 0 Å². The summed E-state index contributed by atoms with van der Waals surface area (Å²) in [6, 6.07) is 11.5. The Morgan fingerprint density at radius 1 is 1.15 bits per heavy atom. The van der Waals surface area contributed by atoms with Crippen molar-refractivity contribution in [2.75, 3.05) is 0 Å². The lowest BCUT2D eigenvalue weighted by molar-refractivity contribution is -0.132. The first kappa shape index (κ1) is 14.3. The molecule has 0 aliphatic rings. The standard InChI is InChI=1S/C16H14O3S/c1-10(16(18)19)7-13-9-14(20-11(2)17)8-12-5-3-4-6-15(12)13/h3-9H,1-2H3,(H,18,19)/b10-7+. The van der Waals surface area contributed by atoms with Gasteiger partial charge in [0.05, 0.1) is 0 Å². The fraction of sp³-hybridized carbons (Fsp3) is 0.125. The molecule has 0 spiro atoms. The molecule has 0 bridgehead atoms. The van der Waals surface area contributed by atoms with Crippen molar-refractivity contribution >= 4 is 39.7 Å². The fourth-order valence-electron chi connectivity index (χ4n) is 1.95. The van der Waals surface area contributed by atoms with Gasteiger partial charge in [0.15, 0.2) is 5.12 Å². The average Bonchev–Trinajstić information content (AvgIpc) is 2.37. The Morgan fingerprint density at radius 2 is 1.85 bits per heavy atom. The Labute approximate surface area is 121 Å². The van der Waals surface area contributed by atoms with E-state index in [1.165, 1.54) is 6.92 Å². The Hall–Kier alpha value is -2.07. The first-order valence-electron chi connectivity index (χ1n) is 6.10. The highest BCUT2D eigenvalue weighted by molar-refractivity contribution is 8.13. The van der Waals surface area contributed by atoms with Crippen LogP contribution in [0.4, 0.5) is 0 Å². The predicted molar refractivity (Wildman–Crippen MR) is 81.8 cm³/mol. The zero-order valence-electron chi connectivity index (χ0n) is 11.2. The highest BCUT2D eigenvalue weighted by Crippen LogP contribution is 2.29. The van der Waals surface area contributed by atoms with E-state index in [-0.39, 0.29) is 10.7 Å². The first-order valence-corrected chi connectivity index (χ1v) is 6.92. The first-order chi connectivity index (χ1) is 9.47. The molecule has 0 atom stereocenters. The number of carboxylic acids is 1. The van der Waals surface area contributed by atoms with Gasteiger partial charge >= 0.3 is 5.97 Å². The molecule has 0 saturated carbocycles. The maximum Gasteiger partial charge on any atom is 0.331 e. The second-order valence-corrected chi connectivity index (χ2v) is 5.71. The van der Waals surface area contributed by atoms with E-state index in [0.717, 1.165) is 33.0 Å². The molecule has 1 N–H and O–H groups in total. The molecule has 0 unspecified atom stereocenters. The van der Waals surface area contributed by atoms with Gasteiger partial charge in [-0.2, -0.15) is 0 Å². The molecule has 2 aromatic carbocycles. The zero-order chi connectivity index (χ0) is 14.7. The van der Waals surface area contributed by atoms with Gasteiger partial charge in [0.1, 0.15) is 0 Å². The maximum absolute atomic E-state index is 11.2. The quantitative estimate of drug-likeness (QED) is 0.685. The van der Waals surface area contributed by atoms with Crippen LogP contribution in [0.5, 0.6) is 0 Å². The lowest BCUT2D eigenvalue weighted by atomic mass is 10.0. The Balaban J connectivity index is 2.63. The zero-order valence-corrected chi connectivity index (χ0v) is 12.0. The minimum Gasteiger partial charge on any atom is -0.478 e. The SMILES string of the molecule is CC(=O)Sc1cc(/C=C(\C)C(=O)O)c2ccccc2c1. The number of fused-ring (bicyclic) bond motifs is 1. The maximum atomic E-state index is 11.2. The van der Waals surface area contributed by atoms with E-state index in [1.54, 1.807) is 13.0 Å². The van der Waals surface area contributed by atoms with Gasteiger partial charge in [-0.3, -0.25) is 4.79 Å². The van der Waals surface area contributed by atoms with E-state index in [0.29, 0.717) is 0 Å². The van der Waals surface area contributed by atoms with Crippen molar-refractivity contribution in [2.24, 2.45) is 0 Å². The molecule has 0 saturated heterocycles. The minimum absolute atomic E-state index is 0.00478. The van der Waals surface area contributed by atoms with E-state index in [9.17, 15) is 9.59 Å². The van der Waals surface area contributed by atoms with Crippen LogP contribution in [-0.2, 0) is 9.59 Å². The Kier molecular flexibility index (Phi) is 4.25. The number of carbonyl (C=O) groups excluding carboxylic acids is 1. The molecule has 0 heterocycles. The molecule has 0 amide bonds. The van der Waals surface area contributed by atoms with Crippen LogP contribution >= 0.6 is 11.8 Å². The largest absolute Gasteiger partial charge is 0.478 e. The third-order valence-corrected chi connectivity index (χ3v) is 3.60. The molecule has 2 rings (SSSR count).